The average molecular weight is 236 g/mol. The van der Waals surface area contributed by atoms with Gasteiger partial charge in [0.2, 0.25) is 0 Å². The van der Waals surface area contributed by atoms with Gasteiger partial charge in [-0.2, -0.15) is 0 Å². The maximum Gasteiger partial charge on any atom is 0.138 e. The van der Waals surface area contributed by atoms with Crippen molar-refractivity contribution in [3.8, 4) is 5.75 Å². The van der Waals surface area contributed by atoms with E-state index in [1.807, 2.05) is 26.1 Å². The Kier molecular flexibility index (Phi) is 4.52. The molecule has 0 aliphatic heterocycles. The van der Waals surface area contributed by atoms with Crippen molar-refractivity contribution in [2.24, 2.45) is 11.7 Å². The van der Waals surface area contributed by atoms with Crippen LogP contribution in [0.5, 0.6) is 5.75 Å². The molecule has 0 aliphatic carbocycles. The quantitative estimate of drug-likeness (QED) is 0.854. The van der Waals surface area contributed by atoms with Gasteiger partial charge in [0.05, 0.1) is 12.3 Å². The van der Waals surface area contributed by atoms with Gasteiger partial charge >= 0.3 is 0 Å². The molecule has 0 bridgehead atoms. The molecular formula is C14H24N2O. The minimum absolute atomic E-state index is 0.152. The Morgan fingerprint density at radius 2 is 2.00 bits per heavy atom. The van der Waals surface area contributed by atoms with Crippen LogP contribution >= 0.6 is 0 Å². The Morgan fingerprint density at radius 1 is 1.35 bits per heavy atom. The number of hydrogen-bond donors (Lipinski definition) is 1. The zero-order chi connectivity index (χ0) is 13.1. The van der Waals surface area contributed by atoms with Crippen LogP contribution in [0.4, 0.5) is 0 Å². The molecule has 1 heterocycles. The van der Waals surface area contributed by atoms with Crippen molar-refractivity contribution in [2.75, 3.05) is 0 Å². The lowest BCUT2D eigenvalue weighted by molar-refractivity contribution is 0.239. The van der Waals surface area contributed by atoms with Crippen molar-refractivity contribution >= 4 is 0 Å². The molecule has 2 unspecified atom stereocenters. The summed E-state index contributed by atoms with van der Waals surface area (Å²) in [5.74, 6) is 1.19. The van der Waals surface area contributed by atoms with E-state index in [4.69, 9.17) is 10.5 Å². The van der Waals surface area contributed by atoms with Gasteiger partial charge in [-0.25, -0.2) is 0 Å². The van der Waals surface area contributed by atoms with Crippen LogP contribution in [0.1, 0.15) is 46.6 Å². The highest BCUT2D eigenvalue weighted by Crippen LogP contribution is 2.30. The second-order valence-electron chi connectivity index (χ2n) is 5.17. The predicted molar refractivity (Wildman–Crippen MR) is 71.0 cm³/mol. The third kappa shape index (κ3) is 3.43. The molecular weight excluding hydrogens is 212 g/mol. The summed E-state index contributed by atoms with van der Waals surface area (Å²) in [5, 5.41) is 0. The Hall–Kier alpha value is -1.09. The highest BCUT2D eigenvalue weighted by atomic mass is 16.5. The normalized spacial score (nSPS) is 16.6. The van der Waals surface area contributed by atoms with Crippen molar-refractivity contribution in [2.45, 2.75) is 52.7 Å². The van der Waals surface area contributed by atoms with E-state index in [1.165, 1.54) is 0 Å². The van der Waals surface area contributed by atoms with Crippen molar-refractivity contribution in [1.29, 1.82) is 0 Å². The molecule has 1 aromatic heterocycles. The molecule has 0 saturated carbocycles. The highest BCUT2D eigenvalue weighted by Gasteiger charge is 2.28. The number of rotatable bonds is 5. The van der Waals surface area contributed by atoms with E-state index >= 15 is 0 Å². The van der Waals surface area contributed by atoms with E-state index in [0.29, 0.717) is 5.92 Å². The molecule has 2 atom stereocenters. The first-order valence-corrected chi connectivity index (χ1v) is 6.29. The summed E-state index contributed by atoms with van der Waals surface area (Å²) >= 11 is 0. The SMILES string of the molecule is CCC(C)C(C)(N)c1cncc(OC(C)C)c1. The standard InChI is InChI=1S/C14H24N2O/c1-6-11(4)14(5,15)12-7-13(9-16-8-12)17-10(2)3/h7-11H,6,15H2,1-5H3. The van der Waals surface area contributed by atoms with Crippen LogP contribution in [0, 0.1) is 5.92 Å². The molecule has 1 rings (SSSR count). The lowest BCUT2D eigenvalue weighted by Crippen LogP contribution is -2.39. The maximum atomic E-state index is 6.40. The second-order valence-corrected chi connectivity index (χ2v) is 5.17. The molecule has 0 amide bonds. The Bertz CT molecular complexity index is 361. The summed E-state index contributed by atoms with van der Waals surface area (Å²) in [7, 11) is 0. The van der Waals surface area contributed by atoms with E-state index in [-0.39, 0.29) is 11.6 Å². The van der Waals surface area contributed by atoms with E-state index in [1.54, 1.807) is 6.20 Å². The lowest BCUT2D eigenvalue weighted by Gasteiger charge is -2.31. The Balaban J connectivity index is 2.98. The van der Waals surface area contributed by atoms with Crippen LogP contribution in [0.3, 0.4) is 0 Å². The monoisotopic (exact) mass is 236 g/mol. The first-order chi connectivity index (χ1) is 7.87. The third-order valence-corrected chi connectivity index (χ3v) is 3.34. The Morgan fingerprint density at radius 3 is 2.53 bits per heavy atom. The molecule has 0 saturated heterocycles. The molecule has 96 valence electrons. The molecule has 0 radical (unpaired) electrons. The number of hydrogen-bond acceptors (Lipinski definition) is 3. The largest absolute Gasteiger partial charge is 0.489 e. The van der Waals surface area contributed by atoms with Gasteiger partial charge in [-0.1, -0.05) is 20.3 Å². The molecule has 3 heteroatoms. The third-order valence-electron chi connectivity index (χ3n) is 3.34. The van der Waals surface area contributed by atoms with Crippen molar-refractivity contribution < 1.29 is 4.74 Å². The van der Waals surface area contributed by atoms with E-state index in [9.17, 15) is 0 Å². The smallest absolute Gasteiger partial charge is 0.138 e. The van der Waals surface area contributed by atoms with Gasteiger partial charge in [0, 0.05) is 11.7 Å². The van der Waals surface area contributed by atoms with Crippen molar-refractivity contribution in [1.82, 2.24) is 4.98 Å². The summed E-state index contributed by atoms with van der Waals surface area (Å²) in [6, 6.07) is 2.00. The van der Waals surface area contributed by atoms with E-state index in [0.717, 1.165) is 17.7 Å². The van der Waals surface area contributed by atoms with Gasteiger partial charge < -0.3 is 10.5 Å². The number of pyridine rings is 1. The number of nitrogens with two attached hydrogens (primary N) is 1. The molecule has 3 nitrogen and oxygen atoms in total. The first kappa shape index (κ1) is 14.0. The predicted octanol–water partition coefficient (Wildman–Crippen LogP) is 3.09. The maximum absolute atomic E-state index is 6.40. The van der Waals surface area contributed by atoms with E-state index in [2.05, 4.69) is 25.8 Å². The van der Waals surface area contributed by atoms with Gasteiger partial charge in [0.1, 0.15) is 5.75 Å². The van der Waals surface area contributed by atoms with Crippen molar-refractivity contribution in [3.05, 3.63) is 24.0 Å². The molecule has 0 aliphatic rings. The fourth-order valence-corrected chi connectivity index (χ4v) is 1.76. The second kappa shape index (κ2) is 5.50. The number of ether oxygens (including phenoxy) is 1. The minimum Gasteiger partial charge on any atom is -0.489 e. The van der Waals surface area contributed by atoms with Gasteiger partial charge in [-0.05, 0) is 38.3 Å². The van der Waals surface area contributed by atoms with Crippen LogP contribution in [0.15, 0.2) is 18.5 Å². The molecule has 0 aromatic carbocycles. The fourth-order valence-electron chi connectivity index (χ4n) is 1.76. The summed E-state index contributed by atoms with van der Waals surface area (Å²) < 4.78 is 5.65. The van der Waals surface area contributed by atoms with Crippen LogP contribution in [0.2, 0.25) is 0 Å². The number of nitrogens with zero attached hydrogens (tertiary/aromatic N) is 1. The Labute approximate surface area is 104 Å². The first-order valence-electron chi connectivity index (χ1n) is 6.29. The molecule has 17 heavy (non-hydrogen) atoms. The van der Waals surface area contributed by atoms with Gasteiger partial charge in [0.15, 0.2) is 0 Å². The molecule has 0 fully saturated rings. The van der Waals surface area contributed by atoms with Crippen LogP contribution in [-0.4, -0.2) is 11.1 Å². The molecule has 0 spiro atoms. The van der Waals surface area contributed by atoms with E-state index < -0.39 is 0 Å². The number of aromatic nitrogens is 1. The summed E-state index contributed by atoms with van der Waals surface area (Å²) in [6.07, 6.45) is 4.76. The topological polar surface area (TPSA) is 48.1 Å². The average Bonchev–Trinajstić information content (AvgIpc) is 2.27. The zero-order valence-electron chi connectivity index (χ0n) is 11.5. The van der Waals surface area contributed by atoms with Gasteiger partial charge in [-0.15, -0.1) is 0 Å². The highest BCUT2D eigenvalue weighted by molar-refractivity contribution is 5.29. The summed E-state index contributed by atoms with van der Waals surface area (Å²) in [6.45, 7) is 10.4. The molecule has 2 N–H and O–H groups in total. The van der Waals surface area contributed by atoms with Gasteiger partial charge in [0.25, 0.3) is 0 Å². The summed E-state index contributed by atoms with van der Waals surface area (Å²) in [4.78, 5) is 4.22. The summed E-state index contributed by atoms with van der Waals surface area (Å²) in [5.41, 5.74) is 7.07. The van der Waals surface area contributed by atoms with Crippen LogP contribution < -0.4 is 10.5 Å². The van der Waals surface area contributed by atoms with Crippen LogP contribution in [-0.2, 0) is 5.54 Å². The molecule has 1 aromatic rings. The van der Waals surface area contributed by atoms with Crippen LogP contribution in [0.25, 0.3) is 0 Å². The van der Waals surface area contributed by atoms with Crippen molar-refractivity contribution in [3.63, 3.8) is 0 Å². The lowest BCUT2D eigenvalue weighted by atomic mass is 9.81. The fraction of sp³-hybridized carbons (Fsp3) is 0.643. The van der Waals surface area contributed by atoms with Gasteiger partial charge in [-0.3, -0.25) is 4.98 Å². The zero-order valence-corrected chi connectivity index (χ0v) is 11.5. The minimum atomic E-state index is -0.363.